The van der Waals surface area contributed by atoms with Crippen LogP contribution in [-0.4, -0.2) is 43.7 Å². The number of hydrogen-bond acceptors (Lipinski definition) is 3. The summed E-state index contributed by atoms with van der Waals surface area (Å²) in [6, 6.07) is 0. The van der Waals surface area contributed by atoms with Gasteiger partial charge in [0.1, 0.15) is 6.10 Å². The number of nitrogens with zero attached hydrogens (tertiary/aromatic N) is 1. The molecule has 0 spiro atoms. The molecule has 4 nitrogen and oxygen atoms in total. The van der Waals surface area contributed by atoms with Gasteiger partial charge in [-0.15, -0.1) is 0 Å². The van der Waals surface area contributed by atoms with Gasteiger partial charge in [-0.3, -0.25) is 4.79 Å². The summed E-state index contributed by atoms with van der Waals surface area (Å²) in [5.74, 6) is 0.0984. The lowest BCUT2D eigenvalue weighted by Crippen LogP contribution is -2.45. The van der Waals surface area contributed by atoms with Crippen LogP contribution < -0.4 is 5.73 Å². The maximum atomic E-state index is 12.1. The maximum absolute atomic E-state index is 12.1. The first kappa shape index (κ1) is 13.5. The normalized spacial score (nSPS) is 21.9. The number of nitrogens with two attached hydrogens (primary N) is 1. The van der Waals surface area contributed by atoms with Crippen LogP contribution in [0.3, 0.4) is 0 Å². The average molecular weight is 228 g/mol. The summed E-state index contributed by atoms with van der Waals surface area (Å²) in [7, 11) is 1.83. The minimum atomic E-state index is -0.229. The molecule has 2 N–H and O–H groups in total. The SMILES string of the molecule is CN(CC(C)(C)CN)C(=O)C1CCCCO1. The first-order chi connectivity index (χ1) is 7.46. The van der Waals surface area contributed by atoms with E-state index in [0.717, 1.165) is 19.3 Å². The van der Waals surface area contributed by atoms with Gasteiger partial charge in [0, 0.05) is 20.2 Å². The highest BCUT2D eigenvalue weighted by Crippen LogP contribution is 2.18. The quantitative estimate of drug-likeness (QED) is 0.781. The molecule has 1 atom stereocenters. The van der Waals surface area contributed by atoms with Gasteiger partial charge >= 0.3 is 0 Å². The van der Waals surface area contributed by atoms with Crippen LogP contribution in [0.4, 0.5) is 0 Å². The molecule has 0 saturated carbocycles. The minimum Gasteiger partial charge on any atom is -0.368 e. The van der Waals surface area contributed by atoms with E-state index in [2.05, 4.69) is 13.8 Å². The lowest BCUT2D eigenvalue weighted by Gasteiger charge is -2.32. The number of hydrogen-bond donors (Lipinski definition) is 1. The fourth-order valence-corrected chi connectivity index (χ4v) is 1.97. The molecule has 0 bridgehead atoms. The van der Waals surface area contributed by atoms with Crippen molar-refractivity contribution in [1.29, 1.82) is 0 Å². The highest BCUT2D eigenvalue weighted by molar-refractivity contribution is 5.80. The van der Waals surface area contributed by atoms with Gasteiger partial charge in [-0.05, 0) is 31.2 Å². The van der Waals surface area contributed by atoms with E-state index in [1.165, 1.54) is 0 Å². The number of ether oxygens (including phenoxy) is 1. The van der Waals surface area contributed by atoms with E-state index in [1.54, 1.807) is 4.90 Å². The van der Waals surface area contributed by atoms with Gasteiger partial charge in [-0.25, -0.2) is 0 Å². The Kier molecular flexibility index (Phi) is 4.74. The zero-order valence-corrected chi connectivity index (χ0v) is 10.7. The van der Waals surface area contributed by atoms with Gasteiger partial charge in [0.25, 0.3) is 5.91 Å². The predicted octanol–water partition coefficient (Wildman–Crippen LogP) is 0.999. The van der Waals surface area contributed by atoms with E-state index < -0.39 is 0 Å². The monoisotopic (exact) mass is 228 g/mol. The summed E-state index contributed by atoms with van der Waals surface area (Å²) in [5, 5.41) is 0. The molecule has 0 aliphatic carbocycles. The predicted molar refractivity (Wildman–Crippen MR) is 64.1 cm³/mol. The smallest absolute Gasteiger partial charge is 0.251 e. The van der Waals surface area contributed by atoms with Crippen molar-refractivity contribution in [3.63, 3.8) is 0 Å². The summed E-state index contributed by atoms with van der Waals surface area (Å²) in [6.45, 7) is 6.11. The van der Waals surface area contributed by atoms with E-state index in [1.807, 2.05) is 7.05 Å². The molecule has 1 rings (SSSR count). The van der Waals surface area contributed by atoms with E-state index >= 15 is 0 Å². The number of carbonyl (C=O) groups excluding carboxylic acids is 1. The van der Waals surface area contributed by atoms with E-state index in [0.29, 0.717) is 19.7 Å². The average Bonchev–Trinajstić information content (AvgIpc) is 2.28. The Morgan fingerprint density at radius 1 is 1.50 bits per heavy atom. The Morgan fingerprint density at radius 2 is 2.19 bits per heavy atom. The van der Waals surface area contributed by atoms with Gasteiger partial charge in [-0.2, -0.15) is 0 Å². The molecule has 1 aliphatic rings. The summed E-state index contributed by atoms with van der Waals surface area (Å²) in [4.78, 5) is 13.8. The number of amides is 1. The molecule has 1 amide bonds. The molecule has 4 heteroatoms. The second-order valence-corrected chi connectivity index (χ2v) is 5.42. The van der Waals surface area contributed by atoms with Crippen molar-refractivity contribution in [2.24, 2.45) is 11.1 Å². The van der Waals surface area contributed by atoms with Crippen molar-refractivity contribution in [2.75, 3.05) is 26.7 Å². The molecule has 0 aromatic rings. The molecule has 1 saturated heterocycles. The molecule has 0 aromatic carbocycles. The third-order valence-electron chi connectivity index (χ3n) is 3.05. The Bertz CT molecular complexity index is 235. The molecule has 1 unspecified atom stereocenters. The van der Waals surface area contributed by atoms with Gasteiger partial charge < -0.3 is 15.4 Å². The topological polar surface area (TPSA) is 55.6 Å². The first-order valence-corrected chi connectivity index (χ1v) is 6.03. The van der Waals surface area contributed by atoms with Crippen LogP contribution in [0, 0.1) is 5.41 Å². The molecule has 94 valence electrons. The van der Waals surface area contributed by atoms with E-state index in [9.17, 15) is 4.79 Å². The van der Waals surface area contributed by atoms with Gasteiger partial charge in [0.05, 0.1) is 0 Å². The van der Waals surface area contributed by atoms with Gasteiger partial charge in [-0.1, -0.05) is 13.8 Å². The van der Waals surface area contributed by atoms with Crippen LogP contribution in [0.5, 0.6) is 0 Å². The number of likely N-dealkylation sites (N-methyl/N-ethyl adjacent to an activating group) is 1. The van der Waals surface area contributed by atoms with Crippen LogP contribution in [0.2, 0.25) is 0 Å². The Balaban J connectivity index is 2.46. The Morgan fingerprint density at radius 3 is 2.69 bits per heavy atom. The molecule has 1 heterocycles. The summed E-state index contributed by atoms with van der Waals surface area (Å²) in [6.07, 6.45) is 2.78. The fourth-order valence-electron chi connectivity index (χ4n) is 1.97. The van der Waals surface area contributed by atoms with E-state index in [4.69, 9.17) is 10.5 Å². The molecule has 0 aromatic heterocycles. The van der Waals surface area contributed by atoms with Crippen molar-refractivity contribution in [3.8, 4) is 0 Å². The Hall–Kier alpha value is -0.610. The molecule has 0 radical (unpaired) electrons. The molecule has 1 aliphatic heterocycles. The van der Waals surface area contributed by atoms with Crippen molar-refractivity contribution in [2.45, 2.75) is 39.2 Å². The lowest BCUT2D eigenvalue weighted by molar-refractivity contribution is -0.146. The van der Waals surface area contributed by atoms with Crippen molar-refractivity contribution >= 4 is 5.91 Å². The highest BCUT2D eigenvalue weighted by Gasteiger charge is 2.28. The van der Waals surface area contributed by atoms with E-state index in [-0.39, 0.29) is 17.4 Å². The summed E-state index contributed by atoms with van der Waals surface area (Å²) < 4.78 is 5.49. The molecule has 1 fully saturated rings. The largest absolute Gasteiger partial charge is 0.368 e. The summed E-state index contributed by atoms with van der Waals surface area (Å²) in [5.41, 5.74) is 5.64. The van der Waals surface area contributed by atoms with Crippen LogP contribution >= 0.6 is 0 Å². The second kappa shape index (κ2) is 5.64. The molecular weight excluding hydrogens is 204 g/mol. The van der Waals surface area contributed by atoms with Gasteiger partial charge in [0.2, 0.25) is 0 Å². The second-order valence-electron chi connectivity index (χ2n) is 5.42. The zero-order valence-electron chi connectivity index (χ0n) is 10.7. The fraction of sp³-hybridized carbons (Fsp3) is 0.917. The van der Waals surface area contributed by atoms with Crippen molar-refractivity contribution in [3.05, 3.63) is 0 Å². The number of rotatable bonds is 4. The number of carbonyl (C=O) groups is 1. The maximum Gasteiger partial charge on any atom is 0.251 e. The van der Waals surface area contributed by atoms with Crippen molar-refractivity contribution in [1.82, 2.24) is 4.90 Å². The molecule has 16 heavy (non-hydrogen) atoms. The minimum absolute atomic E-state index is 0.0287. The van der Waals surface area contributed by atoms with Crippen LogP contribution in [0.15, 0.2) is 0 Å². The van der Waals surface area contributed by atoms with Crippen molar-refractivity contribution < 1.29 is 9.53 Å². The van der Waals surface area contributed by atoms with Crippen LogP contribution in [0.25, 0.3) is 0 Å². The van der Waals surface area contributed by atoms with Gasteiger partial charge in [0.15, 0.2) is 0 Å². The lowest BCUT2D eigenvalue weighted by atomic mass is 9.93. The van der Waals surface area contributed by atoms with Crippen LogP contribution in [-0.2, 0) is 9.53 Å². The Labute approximate surface area is 98.1 Å². The summed E-state index contributed by atoms with van der Waals surface area (Å²) >= 11 is 0. The standard InChI is InChI=1S/C12H24N2O2/c1-12(2,8-13)9-14(3)11(15)10-6-4-5-7-16-10/h10H,4-9,13H2,1-3H3. The third-order valence-corrected chi connectivity index (χ3v) is 3.05. The molecular formula is C12H24N2O2. The first-order valence-electron chi connectivity index (χ1n) is 6.03. The zero-order chi connectivity index (χ0) is 12.2. The highest BCUT2D eigenvalue weighted by atomic mass is 16.5. The third kappa shape index (κ3) is 3.76. The van der Waals surface area contributed by atoms with Crippen LogP contribution in [0.1, 0.15) is 33.1 Å².